The molecule has 1 aliphatic heterocycles. The fourth-order valence-electron chi connectivity index (χ4n) is 1.74. The number of fused-ring (bicyclic) bond motifs is 1. The van der Waals surface area contributed by atoms with E-state index in [2.05, 4.69) is 0 Å². The standard InChI is InChI=1S/C10H11BO4/c1-11-10-7(5-15-11)3-2-4-8(10)14-6-9(12)13/h2-4H,5-6H2,1H3,(H,12,13). The number of hydrogen-bond acceptors (Lipinski definition) is 3. The lowest BCUT2D eigenvalue weighted by Gasteiger charge is -2.09. The zero-order valence-electron chi connectivity index (χ0n) is 8.40. The molecule has 78 valence electrons. The van der Waals surface area contributed by atoms with E-state index in [1.807, 2.05) is 19.0 Å². The zero-order chi connectivity index (χ0) is 10.8. The first-order chi connectivity index (χ1) is 7.18. The second-order valence-corrected chi connectivity index (χ2v) is 3.46. The largest absolute Gasteiger partial charge is 0.482 e. The Kier molecular flexibility index (Phi) is 2.64. The molecule has 0 radical (unpaired) electrons. The summed E-state index contributed by atoms with van der Waals surface area (Å²) in [5.41, 5.74) is 2.05. The first-order valence-electron chi connectivity index (χ1n) is 4.76. The van der Waals surface area contributed by atoms with Gasteiger partial charge in [0.15, 0.2) is 6.61 Å². The van der Waals surface area contributed by atoms with E-state index < -0.39 is 5.97 Å². The van der Waals surface area contributed by atoms with Crippen LogP contribution in [-0.4, -0.2) is 24.6 Å². The summed E-state index contributed by atoms with van der Waals surface area (Å²) in [4.78, 5) is 10.4. The minimum absolute atomic E-state index is 0.0232. The normalized spacial score (nSPS) is 13.8. The predicted octanol–water partition coefficient (Wildman–Crippen LogP) is 0.508. The molecule has 0 unspecified atom stereocenters. The van der Waals surface area contributed by atoms with Gasteiger partial charge in [0.2, 0.25) is 0 Å². The van der Waals surface area contributed by atoms with Crippen molar-refractivity contribution in [3.05, 3.63) is 23.8 Å². The van der Waals surface area contributed by atoms with E-state index in [-0.39, 0.29) is 13.5 Å². The highest BCUT2D eigenvalue weighted by Crippen LogP contribution is 2.18. The SMILES string of the molecule is CB1OCc2cccc(OCC(=O)O)c21. The predicted molar refractivity (Wildman–Crippen MR) is 55.6 cm³/mol. The number of rotatable bonds is 3. The van der Waals surface area contributed by atoms with Crippen LogP contribution in [0.3, 0.4) is 0 Å². The molecule has 0 aromatic heterocycles. The summed E-state index contributed by atoms with van der Waals surface area (Å²) in [5.74, 6) is -0.362. The van der Waals surface area contributed by atoms with Crippen LogP contribution in [0.2, 0.25) is 6.82 Å². The van der Waals surface area contributed by atoms with Gasteiger partial charge in [-0.2, -0.15) is 0 Å². The highest BCUT2D eigenvalue weighted by molar-refractivity contribution is 6.68. The van der Waals surface area contributed by atoms with Crippen LogP contribution >= 0.6 is 0 Å². The molecule has 2 rings (SSSR count). The molecule has 15 heavy (non-hydrogen) atoms. The topological polar surface area (TPSA) is 55.8 Å². The molecule has 0 bridgehead atoms. The number of carboxylic acids is 1. The van der Waals surface area contributed by atoms with Gasteiger partial charge in [0.05, 0.1) is 6.61 Å². The van der Waals surface area contributed by atoms with Gasteiger partial charge in [0.25, 0.3) is 0 Å². The van der Waals surface area contributed by atoms with Crippen molar-refractivity contribution in [2.24, 2.45) is 0 Å². The van der Waals surface area contributed by atoms with E-state index in [0.29, 0.717) is 12.4 Å². The average molecular weight is 206 g/mol. The first-order valence-corrected chi connectivity index (χ1v) is 4.76. The average Bonchev–Trinajstić information content (AvgIpc) is 2.58. The van der Waals surface area contributed by atoms with Crippen molar-refractivity contribution < 1.29 is 19.3 Å². The minimum Gasteiger partial charge on any atom is -0.482 e. The summed E-state index contributed by atoms with van der Waals surface area (Å²) >= 11 is 0. The van der Waals surface area contributed by atoms with Crippen molar-refractivity contribution in [1.82, 2.24) is 0 Å². The second kappa shape index (κ2) is 3.94. The molecule has 5 heteroatoms. The Bertz CT molecular complexity index is 391. The third-order valence-corrected chi connectivity index (χ3v) is 2.40. The molecule has 1 aliphatic rings. The van der Waals surface area contributed by atoms with Crippen molar-refractivity contribution in [2.75, 3.05) is 6.61 Å². The second-order valence-electron chi connectivity index (χ2n) is 3.46. The molecule has 0 spiro atoms. The molecular weight excluding hydrogens is 195 g/mol. The van der Waals surface area contributed by atoms with Gasteiger partial charge >= 0.3 is 12.9 Å². The van der Waals surface area contributed by atoms with E-state index in [0.717, 1.165) is 11.0 Å². The van der Waals surface area contributed by atoms with Crippen LogP contribution < -0.4 is 10.2 Å². The third kappa shape index (κ3) is 1.97. The van der Waals surface area contributed by atoms with Crippen LogP contribution in [0.25, 0.3) is 0 Å². The van der Waals surface area contributed by atoms with Crippen molar-refractivity contribution in [2.45, 2.75) is 13.4 Å². The maximum absolute atomic E-state index is 10.4. The Morgan fingerprint density at radius 2 is 2.47 bits per heavy atom. The Morgan fingerprint density at radius 1 is 1.67 bits per heavy atom. The number of benzene rings is 1. The van der Waals surface area contributed by atoms with Gasteiger partial charge in [0, 0.05) is 0 Å². The van der Waals surface area contributed by atoms with Crippen LogP contribution in [0.5, 0.6) is 5.75 Å². The van der Waals surface area contributed by atoms with Gasteiger partial charge in [0.1, 0.15) is 5.75 Å². The van der Waals surface area contributed by atoms with Gasteiger partial charge in [-0.15, -0.1) is 0 Å². The van der Waals surface area contributed by atoms with Gasteiger partial charge in [-0.1, -0.05) is 19.0 Å². The molecule has 0 amide bonds. The van der Waals surface area contributed by atoms with Crippen molar-refractivity contribution in [3.8, 4) is 5.75 Å². The summed E-state index contributed by atoms with van der Waals surface area (Å²) in [6.45, 7) is 2.16. The molecule has 4 nitrogen and oxygen atoms in total. The van der Waals surface area contributed by atoms with Gasteiger partial charge in [-0.05, 0) is 17.1 Å². The number of hydrogen-bond donors (Lipinski definition) is 1. The zero-order valence-corrected chi connectivity index (χ0v) is 8.40. The molecule has 1 heterocycles. The Morgan fingerprint density at radius 3 is 3.20 bits per heavy atom. The van der Waals surface area contributed by atoms with Gasteiger partial charge < -0.3 is 14.5 Å². The van der Waals surface area contributed by atoms with Crippen LogP contribution in [0.15, 0.2) is 18.2 Å². The molecule has 1 N–H and O–H groups in total. The number of carbonyl (C=O) groups is 1. The molecule has 0 saturated carbocycles. The highest BCUT2D eigenvalue weighted by atomic mass is 16.5. The van der Waals surface area contributed by atoms with Crippen molar-refractivity contribution in [1.29, 1.82) is 0 Å². The van der Waals surface area contributed by atoms with E-state index in [1.54, 1.807) is 6.07 Å². The van der Waals surface area contributed by atoms with Crippen LogP contribution in [0, 0.1) is 0 Å². The lowest BCUT2D eigenvalue weighted by Crippen LogP contribution is -2.27. The van der Waals surface area contributed by atoms with Gasteiger partial charge in [-0.25, -0.2) is 4.79 Å². The number of carboxylic acid groups (broad SMARTS) is 1. The number of ether oxygens (including phenoxy) is 1. The fourth-order valence-corrected chi connectivity index (χ4v) is 1.74. The van der Waals surface area contributed by atoms with Gasteiger partial charge in [-0.3, -0.25) is 0 Å². The monoisotopic (exact) mass is 206 g/mol. The van der Waals surface area contributed by atoms with Crippen LogP contribution in [-0.2, 0) is 16.1 Å². The summed E-state index contributed by atoms with van der Waals surface area (Å²) in [7, 11) is 0. The smallest absolute Gasteiger partial charge is 0.341 e. The Labute approximate surface area is 87.9 Å². The lowest BCUT2D eigenvalue weighted by molar-refractivity contribution is -0.139. The third-order valence-electron chi connectivity index (χ3n) is 2.40. The first kappa shape index (κ1) is 10.0. The minimum atomic E-state index is -0.973. The molecule has 0 saturated heterocycles. The number of aliphatic carboxylic acids is 1. The Hall–Kier alpha value is -1.49. The maximum Gasteiger partial charge on any atom is 0.341 e. The fraction of sp³-hybridized carbons (Fsp3) is 0.300. The summed E-state index contributed by atoms with van der Waals surface area (Å²) in [6.07, 6.45) is 0. The van der Waals surface area contributed by atoms with Crippen molar-refractivity contribution >= 4 is 18.3 Å². The summed E-state index contributed by atoms with van der Waals surface area (Å²) in [5, 5.41) is 8.53. The van der Waals surface area contributed by atoms with Crippen molar-refractivity contribution in [3.63, 3.8) is 0 Å². The van der Waals surface area contributed by atoms with E-state index >= 15 is 0 Å². The summed E-state index contributed by atoms with van der Waals surface area (Å²) < 4.78 is 10.6. The van der Waals surface area contributed by atoms with E-state index in [4.69, 9.17) is 14.5 Å². The molecule has 1 aromatic rings. The van der Waals surface area contributed by atoms with E-state index in [1.165, 1.54) is 0 Å². The highest BCUT2D eigenvalue weighted by Gasteiger charge is 2.27. The quantitative estimate of drug-likeness (QED) is 0.732. The Balaban J connectivity index is 2.24. The molecule has 0 fully saturated rings. The molecular formula is C10H11BO4. The van der Waals surface area contributed by atoms with Crippen LogP contribution in [0.4, 0.5) is 0 Å². The maximum atomic E-state index is 10.4. The lowest BCUT2D eigenvalue weighted by atomic mass is 9.64. The molecule has 0 atom stereocenters. The summed E-state index contributed by atoms with van der Waals surface area (Å²) in [6, 6.07) is 5.58. The molecule has 0 aliphatic carbocycles. The van der Waals surface area contributed by atoms with E-state index in [9.17, 15) is 4.79 Å². The molecule has 1 aromatic carbocycles. The van der Waals surface area contributed by atoms with Crippen LogP contribution in [0.1, 0.15) is 5.56 Å².